The smallest absolute Gasteiger partial charge is 0.215 e. The molecule has 2 atom stereocenters. The van der Waals surface area contributed by atoms with Crippen LogP contribution in [-0.2, 0) is 10.0 Å². The molecule has 2 unspecified atom stereocenters. The number of rotatable bonds is 11. The molecule has 19 heavy (non-hydrogen) atoms. The Morgan fingerprint density at radius 2 is 1.63 bits per heavy atom. The van der Waals surface area contributed by atoms with Gasteiger partial charge in [-0.15, -0.1) is 0 Å². The monoisotopic (exact) mass is 292 g/mol. The van der Waals surface area contributed by atoms with E-state index in [1.54, 1.807) is 6.92 Å². The maximum Gasteiger partial charge on any atom is 0.215 e. The normalized spacial score (nSPS) is 15.7. The molecule has 2 N–H and O–H groups in total. The van der Waals surface area contributed by atoms with Crippen LogP contribution in [0.4, 0.5) is 0 Å². The average Bonchev–Trinajstić information content (AvgIpc) is 2.32. The van der Waals surface area contributed by atoms with Crippen molar-refractivity contribution in [3.05, 3.63) is 0 Å². The summed E-state index contributed by atoms with van der Waals surface area (Å²) in [5, 5.41) is 2.79. The Morgan fingerprint density at radius 1 is 1.00 bits per heavy atom. The molecule has 0 heterocycles. The van der Waals surface area contributed by atoms with Gasteiger partial charge in [-0.3, -0.25) is 0 Å². The van der Waals surface area contributed by atoms with E-state index in [2.05, 4.69) is 23.9 Å². The Labute approximate surface area is 119 Å². The van der Waals surface area contributed by atoms with Gasteiger partial charge in [-0.1, -0.05) is 47.0 Å². The summed E-state index contributed by atoms with van der Waals surface area (Å²) >= 11 is 0. The van der Waals surface area contributed by atoms with Gasteiger partial charge in [-0.05, 0) is 19.8 Å². The van der Waals surface area contributed by atoms with Crippen molar-refractivity contribution in [2.75, 3.05) is 6.54 Å². The van der Waals surface area contributed by atoms with Crippen molar-refractivity contribution in [3.63, 3.8) is 0 Å². The second kappa shape index (κ2) is 9.72. The van der Waals surface area contributed by atoms with Gasteiger partial charge < -0.3 is 5.32 Å². The van der Waals surface area contributed by atoms with Gasteiger partial charge in [-0.25, -0.2) is 13.1 Å². The zero-order valence-electron chi connectivity index (χ0n) is 13.2. The molecule has 0 bridgehead atoms. The molecule has 0 fully saturated rings. The molecular formula is C14H32N2O2S. The largest absolute Gasteiger partial charge is 0.313 e. The number of sulfonamides is 1. The van der Waals surface area contributed by atoms with Gasteiger partial charge in [0.25, 0.3) is 0 Å². The van der Waals surface area contributed by atoms with Crippen LogP contribution >= 0.6 is 0 Å². The first kappa shape index (κ1) is 18.9. The third kappa shape index (κ3) is 8.60. The van der Waals surface area contributed by atoms with Crippen LogP contribution in [0.2, 0.25) is 0 Å². The molecule has 0 radical (unpaired) electrons. The van der Waals surface area contributed by atoms with Crippen LogP contribution in [-0.4, -0.2) is 32.3 Å². The molecule has 0 aliphatic carbocycles. The van der Waals surface area contributed by atoms with Crippen LogP contribution in [0, 0.1) is 0 Å². The molecule has 116 valence electrons. The molecule has 0 saturated heterocycles. The van der Waals surface area contributed by atoms with E-state index in [-0.39, 0.29) is 6.04 Å². The van der Waals surface area contributed by atoms with E-state index in [4.69, 9.17) is 0 Å². The molecular weight excluding hydrogens is 260 g/mol. The van der Waals surface area contributed by atoms with Crippen molar-refractivity contribution >= 4 is 10.0 Å². The Hall–Kier alpha value is -0.130. The van der Waals surface area contributed by atoms with Gasteiger partial charge in [0.15, 0.2) is 0 Å². The third-order valence-electron chi connectivity index (χ3n) is 3.22. The van der Waals surface area contributed by atoms with E-state index in [9.17, 15) is 8.42 Å². The van der Waals surface area contributed by atoms with Gasteiger partial charge in [0.2, 0.25) is 10.0 Å². The standard InChI is InChI=1S/C14H32N2O2S/c1-6-8-10-14(9-7-2)16-19(17,18)13(5)11-15-12(3)4/h12-16H,6-11H2,1-5H3. The fourth-order valence-electron chi connectivity index (χ4n) is 1.92. The topological polar surface area (TPSA) is 58.2 Å². The van der Waals surface area contributed by atoms with Crippen LogP contribution in [0.5, 0.6) is 0 Å². The van der Waals surface area contributed by atoms with Crippen molar-refractivity contribution < 1.29 is 8.42 Å². The van der Waals surface area contributed by atoms with Gasteiger partial charge in [0.05, 0.1) is 5.25 Å². The summed E-state index contributed by atoms with van der Waals surface area (Å²) < 4.78 is 27.4. The molecule has 0 aromatic carbocycles. The highest BCUT2D eigenvalue weighted by Gasteiger charge is 2.23. The lowest BCUT2D eigenvalue weighted by Gasteiger charge is -2.22. The van der Waals surface area contributed by atoms with E-state index in [1.807, 2.05) is 13.8 Å². The van der Waals surface area contributed by atoms with Crippen LogP contribution in [0.15, 0.2) is 0 Å². The molecule has 0 aromatic heterocycles. The number of unbranched alkanes of at least 4 members (excludes halogenated alkanes) is 1. The van der Waals surface area contributed by atoms with Crippen LogP contribution in [0.3, 0.4) is 0 Å². The van der Waals surface area contributed by atoms with Crippen molar-refractivity contribution in [3.8, 4) is 0 Å². The van der Waals surface area contributed by atoms with Crippen molar-refractivity contribution in [2.45, 2.75) is 84.1 Å². The molecule has 0 aliphatic rings. The lowest BCUT2D eigenvalue weighted by Crippen LogP contribution is -2.44. The molecule has 0 amide bonds. The minimum Gasteiger partial charge on any atom is -0.313 e. The van der Waals surface area contributed by atoms with Gasteiger partial charge in [0, 0.05) is 18.6 Å². The second-order valence-corrected chi connectivity index (χ2v) is 7.79. The second-order valence-electron chi connectivity index (χ2n) is 5.66. The van der Waals surface area contributed by atoms with Crippen molar-refractivity contribution in [1.82, 2.24) is 10.0 Å². The summed E-state index contributed by atoms with van der Waals surface area (Å²) in [7, 11) is -3.22. The average molecular weight is 292 g/mol. The Balaban J connectivity index is 4.43. The Kier molecular flexibility index (Phi) is 9.66. The Bertz CT molecular complexity index is 315. The zero-order valence-corrected chi connectivity index (χ0v) is 14.0. The molecule has 0 rings (SSSR count). The Morgan fingerprint density at radius 3 is 2.11 bits per heavy atom. The summed E-state index contributed by atoms with van der Waals surface area (Å²) in [6.45, 7) is 10.5. The van der Waals surface area contributed by atoms with Crippen molar-refractivity contribution in [2.24, 2.45) is 0 Å². The predicted octanol–water partition coefficient (Wildman–Crippen LogP) is 2.65. The van der Waals surface area contributed by atoms with E-state index in [1.165, 1.54) is 0 Å². The number of nitrogens with one attached hydrogen (secondary N) is 2. The summed E-state index contributed by atoms with van der Waals surface area (Å²) in [6, 6.07) is 0.403. The first-order valence-electron chi connectivity index (χ1n) is 7.58. The minimum atomic E-state index is -3.22. The molecule has 0 spiro atoms. The first-order valence-corrected chi connectivity index (χ1v) is 9.12. The van der Waals surface area contributed by atoms with Crippen molar-refractivity contribution in [1.29, 1.82) is 0 Å². The highest BCUT2D eigenvalue weighted by Crippen LogP contribution is 2.10. The van der Waals surface area contributed by atoms with E-state index in [0.29, 0.717) is 12.6 Å². The zero-order chi connectivity index (χ0) is 14.9. The van der Waals surface area contributed by atoms with Gasteiger partial charge >= 0.3 is 0 Å². The number of hydrogen-bond donors (Lipinski definition) is 2. The molecule has 0 saturated carbocycles. The SMILES string of the molecule is CCCCC(CCC)NS(=O)(=O)C(C)CNC(C)C. The minimum absolute atomic E-state index is 0.0939. The summed E-state index contributed by atoms with van der Waals surface area (Å²) in [5.74, 6) is 0. The molecule has 5 heteroatoms. The highest BCUT2D eigenvalue weighted by molar-refractivity contribution is 7.90. The highest BCUT2D eigenvalue weighted by atomic mass is 32.2. The molecule has 0 aliphatic heterocycles. The van der Waals surface area contributed by atoms with Crippen LogP contribution in [0.1, 0.15) is 66.7 Å². The summed E-state index contributed by atoms with van der Waals surface area (Å²) in [4.78, 5) is 0. The summed E-state index contributed by atoms with van der Waals surface area (Å²) in [6.07, 6.45) is 5.05. The van der Waals surface area contributed by atoms with Gasteiger partial charge in [-0.2, -0.15) is 0 Å². The van der Waals surface area contributed by atoms with E-state index < -0.39 is 15.3 Å². The quantitative estimate of drug-likeness (QED) is 0.615. The molecule has 0 aromatic rings. The first-order chi connectivity index (χ1) is 8.83. The maximum atomic E-state index is 12.2. The predicted molar refractivity (Wildman–Crippen MR) is 82.9 cm³/mol. The van der Waals surface area contributed by atoms with Gasteiger partial charge in [0.1, 0.15) is 0 Å². The number of hydrogen-bond acceptors (Lipinski definition) is 3. The maximum absolute atomic E-state index is 12.2. The van der Waals surface area contributed by atoms with E-state index in [0.717, 1.165) is 32.1 Å². The lowest BCUT2D eigenvalue weighted by atomic mass is 10.1. The van der Waals surface area contributed by atoms with E-state index >= 15 is 0 Å². The summed E-state index contributed by atoms with van der Waals surface area (Å²) in [5.41, 5.74) is 0. The lowest BCUT2D eigenvalue weighted by molar-refractivity contribution is 0.475. The fourth-order valence-corrected chi connectivity index (χ4v) is 3.17. The van der Waals surface area contributed by atoms with Crippen LogP contribution in [0.25, 0.3) is 0 Å². The fraction of sp³-hybridized carbons (Fsp3) is 1.00. The third-order valence-corrected chi connectivity index (χ3v) is 5.11. The van der Waals surface area contributed by atoms with Crippen LogP contribution < -0.4 is 10.0 Å². The molecule has 4 nitrogen and oxygen atoms in total.